The van der Waals surface area contributed by atoms with Crippen LogP contribution in [0.3, 0.4) is 0 Å². The second-order valence-electron chi connectivity index (χ2n) is 2.95. The fourth-order valence-electron chi connectivity index (χ4n) is 1.33. The summed E-state index contributed by atoms with van der Waals surface area (Å²) in [6, 6.07) is 5.79. The van der Waals surface area contributed by atoms with E-state index < -0.39 is 0 Å². The normalized spacial score (nSPS) is 17.9. The first kappa shape index (κ1) is 10.5. The highest BCUT2D eigenvalue weighted by Crippen LogP contribution is 2.26. The lowest BCUT2D eigenvalue weighted by molar-refractivity contribution is 0.862. The lowest BCUT2D eigenvalue weighted by Crippen LogP contribution is -2.27. The van der Waals surface area contributed by atoms with Crippen LogP contribution in [0.1, 0.15) is 0 Å². The maximum absolute atomic E-state index is 5.86. The van der Waals surface area contributed by atoms with Crippen LogP contribution >= 0.6 is 33.2 Å². The molecule has 1 aromatic heterocycles. The molecule has 2 heterocycles. The predicted molar refractivity (Wildman–Crippen MR) is 66.4 cm³/mol. The first-order chi connectivity index (χ1) is 6.86. The Morgan fingerprint density at radius 2 is 1.93 bits per heavy atom. The second kappa shape index (κ2) is 5.14. The molecule has 1 aliphatic heterocycles. The van der Waals surface area contributed by atoms with E-state index in [4.69, 9.17) is 11.6 Å². The molecule has 0 atom stereocenters. The molecule has 1 saturated heterocycles. The minimum atomic E-state index is 0.576. The molecule has 0 spiro atoms. The summed E-state index contributed by atoms with van der Waals surface area (Å²) >= 11 is 5.86. The van der Waals surface area contributed by atoms with Gasteiger partial charge in [0.1, 0.15) is 11.0 Å². The molecule has 0 aliphatic carbocycles. The maximum Gasteiger partial charge on any atom is 0.131 e. The van der Waals surface area contributed by atoms with Crippen molar-refractivity contribution >= 4 is 39.0 Å². The molecular weight excluding hydrogens is 236 g/mol. The summed E-state index contributed by atoms with van der Waals surface area (Å²) in [5, 5.41) is 0.576. The van der Waals surface area contributed by atoms with E-state index in [1.807, 2.05) is 39.8 Å². The highest BCUT2D eigenvalue weighted by atomic mass is 35.5. The first-order valence-electron chi connectivity index (χ1n) is 4.48. The van der Waals surface area contributed by atoms with Crippen LogP contribution in [0, 0.1) is 0 Å². The zero-order valence-electron chi connectivity index (χ0n) is 7.65. The molecule has 1 aliphatic rings. The van der Waals surface area contributed by atoms with Crippen molar-refractivity contribution in [1.29, 1.82) is 0 Å². The van der Waals surface area contributed by atoms with Gasteiger partial charge in [-0.3, -0.25) is 0 Å². The van der Waals surface area contributed by atoms with Gasteiger partial charge in [0.2, 0.25) is 0 Å². The number of pyridine rings is 1. The summed E-state index contributed by atoms with van der Waals surface area (Å²) < 4.78 is 0. The molecule has 76 valence electrons. The summed E-state index contributed by atoms with van der Waals surface area (Å²) in [6.07, 6.45) is 0. The van der Waals surface area contributed by atoms with Gasteiger partial charge in [-0.1, -0.05) is 39.3 Å². The van der Waals surface area contributed by atoms with Crippen LogP contribution in [0.4, 0.5) is 5.82 Å². The number of aromatic nitrogens is 1. The van der Waals surface area contributed by atoms with Crippen molar-refractivity contribution in [2.24, 2.45) is 0 Å². The van der Waals surface area contributed by atoms with E-state index in [0.29, 0.717) is 5.15 Å². The average molecular weight is 247 g/mol. The Morgan fingerprint density at radius 1 is 1.21 bits per heavy atom. The minimum absolute atomic E-state index is 0.576. The van der Waals surface area contributed by atoms with E-state index in [-0.39, 0.29) is 0 Å². The molecule has 0 bridgehead atoms. The van der Waals surface area contributed by atoms with Crippen molar-refractivity contribution in [2.75, 3.05) is 29.5 Å². The van der Waals surface area contributed by atoms with E-state index in [0.717, 1.165) is 30.4 Å². The van der Waals surface area contributed by atoms with E-state index in [2.05, 4.69) is 9.88 Å². The van der Waals surface area contributed by atoms with Crippen LogP contribution in [-0.4, -0.2) is 29.6 Å². The molecule has 0 aromatic carbocycles. The van der Waals surface area contributed by atoms with Crippen molar-refractivity contribution in [3.63, 3.8) is 0 Å². The number of rotatable bonds is 1. The molecular formula is C9H11ClN2S2. The van der Waals surface area contributed by atoms with Crippen molar-refractivity contribution in [2.45, 2.75) is 0 Å². The summed E-state index contributed by atoms with van der Waals surface area (Å²) in [7, 11) is 3.87. The van der Waals surface area contributed by atoms with Gasteiger partial charge >= 0.3 is 0 Å². The number of anilines is 1. The highest BCUT2D eigenvalue weighted by molar-refractivity contribution is 8.76. The predicted octanol–water partition coefficient (Wildman–Crippen LogP) is 2.94. The van der Waals surface area contributed by atoms with Crippen LogP contribution in [0.15, 0.2) is 18.2 Å². The zero-order valence-corrected chi connectivity index (χ0v) is 10.0. The average Bonchev–Trinajstić information content (AvgIpc) is 2.45. The molecule has 0 N–H and O–H groups in total. The number of halogens is 1. The summed E-state index contributed by atoms with van der Waals surface area (Å²) in [6.45, 7) is 2.12. The molecule has 14 heavy (non-hydrogen) atoms. The third-order valence-electron chi connectivity index (χ3n) is 2.00. The van der Waals surface area contributed by atoms with Crippen molar-refractivity contribution in [3.8, 4) is 0 Å². The van der Waals surface area contributed by atoms with Crippen LogP contribution in [0.5, 0.6) is 0 Å². The van der Waals surface area contributed by atoms with Gasteiger partial charge in [0.05, 0.1) is 0 Å². The Bertz CT molecular complexity index is 301. The zero-order chi connectivity index (χ0) is 9.80. The minimum Gasteiger partial charge on any atom is -0.355 e. The largest absolute Gasteiger partial charge is 0.355 e. The van der Waals surface area contributed by atoms with Gasteiger partial charge in [-0.2, -0.15) is 0 Å². The van der Waals surface area contributed by atoms with Gasteiger partial charge in [0.25, 0.3) is 0 Å². The Kier molecular flexibility index (Phi) is 3.84. The molecule has 0 amide bonds. The molecule has 2 rings (SSSR count). The van der Waals surface area contributed by atoms with Crippen LogP contribution < -0.4 is 4.90 Å². The molecule has 5 heteroatoms. The Hall–Kier alpha value is -0.0600. The van der Waals surface area contributed by atoms with Crippen molar-refractivity contribution in [3.05, 3.63) is 23.4 Å². The Labute approximate surface area is 96.8 Å². The standard InChI is InChI=1S/C9H11ClN2S2/c10-8-2-1-3-9(11-8)12-4-6-13-14-7-5-12/h1-3H,4-7H2. The molecule has 0 radical (unpaired) electrons. The Balaban J connectivity index is 2.12. The summed E-state index contributed by atoms with van der Waals surface area (Å²) in [5.41, 5.74) is 0. The van der Waals surface area contributed by atoms with Gasteiger partial charge in [-0.25, -0.2) is 4.98 Å². The highest BCUT2D eigenvalue weighted by Gasteiger charge is 2.11. The number of hydrogen-bond donors (Lipinski definition) is 0. The van der Waals surface area contributed by atoms with Crippen LogP contribution in [0.25, 0.3) is 0 Å². The van der Waals surface area contributed by atoms with E-state index in [1.165, 1.54) is 0 Å². The molecule has 1 aromatic rings. The van der Waals surface area contributed by atoms with Gasteiger partial charge in [-0.05, 0) is 12.1 Å². The smallest absolute Gasteiger partial charge is 0.131 e. The van der Waals surface area contributed by atoms with Crippen LogP contribution in [-0.2, 0) is 0 Å². The first-order valence-corrected chi connectivity index (χ1v) is 7.35. The number of hydrogen-bond acceptors (Lipinski definition) is 4. The third-order valence-corrected chi connectivity index (χ3v) is 4.57. The topological polar surface area (TPSA) is 16.1 Å². The molecule has 0 unspecified atom stereocenters. The fourth-order valence-corrected chi connectivity index (χ4v) is 3.47. The SMILES string of the molecule is Clc1cccc(N2CCSSCC2)n1. The fraction of sp³-hybridized carbons (Fsp3) is 0.444. The Morgan fingerprint density at radius 3 is 2.57 bits per heavy atom. The van der Waals surface area contributed by atoms with Crippen molar-refractivity contribution < 1.29 is 0 Å². The van der Waals surface area contributed by atoms with E-state index >= 15 is 0 Å². The van der Waals surface area contributed by atoms with Gasteiger partial charge < -0.3 is 4.90 Å². The van der Waals surface area contributed by atoms with Gasteiger partial charge in [0, 0.05) is 24.6 Å². The van der Waals surface area contributed by atoms with Gasteiger partial charge in [-0.15, -0.1) is 0 Å². The monoisotopic (exact) mass is 246 g/mol. The quantitative estimate of drug-likeness (QED) is 0.559. The van der Waals surface area contributed by atoms with Gasteiger partial charge in [0.15, 0.2) is 0 Å². The van der Waals surface area contributed by atoms with E-state index in [9.17, 15) is 0 Å². The molecule has 1 fully saturated rings. The lowest BCUT2D eigenvalue weighted by Gasteiger charge is -2.20. The van der Waals surface area contributed by atoms with Crippen LogP contribution in [0.2, 0.25) is 5.15 Å². The lowest BCUT2D eigenvalue weighted by atomic mass is 10.4. The maximum atomic E-state index is 5.86. The molecule has 0 saturated carbocycles. The molecule has 2 nitrogen and oxygen atoms in total. The number of nitrogens with zero attached hydrogens (tertiary/aromatic N) is 2. The van der Waals surface area contributed by atoms with Crippen molar-refractivity contribution in [1.82, 2.24) is 4.98 Å². The summed E-state index contributed by atoms with van der Waals surface area (Å²) in [5.74, 6) is 3.30. The van der Waals surface area contributed by atoms with E-state index in [1.54, 1.807) is 0 Å². The summed E-state index contributed by atoms with van der Waals surface area (Å²) in [4.78, 5) is 6.60. The third kappa shape index (κ3) is 2.72. The second-order valence-corrected chi connectivity index (χ2v) is 6.04.